The first-order valence-electron chi connectivity index (χ1n) is 6.82. The fourth-order valence-corrected chi connectivity index (χ4v) is 2.50. The topological polar surface area (TPSA) is 32.3 Å². The van der Waals surface area contributed by atoms with E-state index in [0.717, 1.165) is 38.4 Å². The number of carbonyl (C=O) groups excluding carboxylic acids is 1. The summed E-state index contributed by atoms with van der Waals surface area (Å²) in [4.78, 5) is 13.8. The molecule has 0 radical (unpaired) electrons. The van der Waals surface area contributed by atoms with Crippen LogP contribution in [0.25, 0.3) is 0 Å². The summed E-state index contributed by atoms with van der Waals surface area (Å²) in [6.45, 7) is 5.21. The Bertz CT molecular complexity index is 238. The van der Waals surface area contributed by atoms with Gasteiger partial charge in [0, 0.05) is 25.6 Å². The molecule has 1 amide bonds. The Kier molecular flexibility index (Phi) is 4.22. The summed E-state index contributed by atoms with van der Waals surface area (Å²) >= 11 is 0. The summed E-state index contributed by atoms with van der Waals surface area (Å²) in [5, 5.41) is 3.61. The zero-order chi connectivity index (χ0) is 11.4. The molecule has 0 aromatic heterocycles. The normalized spacial score (nSPS) is 23.6. The lowest BCUT2D eigenvalue weighted by molar-refractivity contribution is -0.133. The highest BCUT2D eigenvalue weighted by atomic mass is 16.2. The zero-order valence-electron chi connectivity index (χ0n) is 10.4. The fraction of sp³-hybridized carbons (Fsp3) is 0.923. The molecule has 92 valence electrons. The number of nitrogens with one attached hydrogen (secondary N) is 1. The molecule has 2 fully saturated rings. The second-order valence-corrected chi connectivity index (χ2v) is 5.19. The number of nitrogens with zero attached hydrogens (tertiary/aromatic N) is 1. The summed E-state index contributed by atoms with van der Waals surface area (Å²) in [6.07, 6.45) is 6.93. The lowest BCUT2D eigenvalue weighted by Crippen LogP contribution is -2.46. The molecule has 1 N–H and O–H groups in total. The first kappa shape index (κ1) is 11.9. The smallest absolute Gasteiger partial charge is 0.222 e. The van der Waals surface area contributed by atoms with Gasteiger partial charge in [-0.1, -0.05) is 6.92 Å². The molecule has 16 heavy (non-hydrogen) atoms. The highest BCUT2D eigenvalue weighted by molar-refractivity contribution is 5.76. The van der Waals surface area contributed by atoms with Gasteiger partial charge in [0.15, 0.2) is 0 Å². The number of hydrogen-bond donors (Lipinski definition) is 1. The monoisotopic (exact) mass is 224 g/mol. The molecule has 2 rings (SSSR count). The molecule has 1 atom stereocenters. The van der Waals surface area contributed by atoms with Gasteiger partial charge in [-0.2, -0.15) is 0 Å². The van der Waals surface area contributed by atoms with E-state index in [9.17, 15) is 4.79 Å². The van der Waals surface area contributed by atoms with E-state index < -0.39 is 0 Å². The van der Waals surface area contributed by atoms with E-state index in [1.54, 1.807) is 0 Å². The second kappa shape index (κ2) is 5.67. The Labute approximate surface area is 98.6 Å². The van der Waals surface area contributed by atoms with Crippen LogP contribution in [-0.2, 0) is 4.79 Å². The molecule has 1 aliphatic heterocycles. The van der Waals surface area contributed by atoms with Gasteiger partial charge in [0.25, 0.3) is 0 Å². The Morgan fingerprint density at radius 1 is 1.44 bits per heavy atom. The van der Waals surface area contributed by atoms with Gasteiger partial charge in [0.1, 0.15) is 0 Å². The van der Waals surface area contributed by atoms with Crippen LogP contribution in [0, 0.1) is 5.92 Å². The molecular weight excluding hydrogens is 200 g/mol. The maximum Gasteiger partial charge on any atom is 0.222 e. The van der Waals surface area contributed by atoms with Crippen molar-refractivity contribution in [3.05, 3.63) is 0 Å². The van der Waals surface area contributed by atoms with E-state index in [1.165, 1.54) is 25.7 Å². The van der Waals surface area contributed by atoms with Crippen LogP contribution in [0.5, 0.6) is 0 Å². The number of piperidine rings is 1. The first-order valence-corrected chi connectivity index (χ1v) is 6.82. The van der Waals surface area contributed by atoms with Crippen LogP contribution < -0.4 is 5.32 Å². The van der Waals surface area contributed by atoms with Crippen molar-refractivity contribution in [1.29, 1.82) is 0 Å². The number of carbonyl (C=O) groups is 1. The molecule has 1 saturated carbocycles. The second-order valence-electron chi connectivity index (χ2n) is 5.19. The molecule has 0 bridgehead atoms. The van der Waals surface area contributed by atoms with Crippen LogP contribution in [0.2, 0.25) is 0 Å². The summed E-state index contributed by atoms with van der Waals surface area (Å²) in [7, 11) is 0. The fourth-order valence-electron chi connectivity index (χ4n) is 2.50. The summed E-state index contributed by atoms with van der Waals surface area (Å²) < 4.78 is 0. The van der Waals surface area contributed by atoms with E-state index in [2.05, 4.69) is 17.1 Å². The molecule has 1 saturated heterocycles. The van der Waals surface area contributed by atoms with Crippen molar-refractivity contribution in [2.75, 3.05) is 19.6 Å². The lowest BCUT2D eigenvalue weighted by Gasteiger charge is -2.31. The van der Waals surface area contributed by atoms with Gasteiger partial charge in [-0.05, 0) is 44.6 Å². The predicted octanol–water partition coefficient (Wildman–Crippen LogP) is 1.78. The highest BCUT2D eigenvalue weighted by Gasteiger charge is 2.33. The average molecular weight is 224 g/mol. The van der Waals surface area contributed by atoms with Crippen molar-refractivity contribution in [2.45, 2.75) is 51.5 Å². The van der Waals surface area contributed by atoms with E-state index in [4.69, 9.17) is 0 Å². The molecular formula is C13H24N2O. The summed E-state index contributed by atoms with van der Waals surface area (Å²) in [5.41, 5.74) is 0. The SMILES string of the molecule is CCCNC(CN1CCCCC1=O)C1CC1. The third-order valence-corrected chi connectivity index (χ3v) is 3.69. The van der Waals surface area contributed by atoms with Gasteiger partial charge in [-0.15, -0.1) is 0 Å². The van der Waals surface area contributed by atoms with Gasteiger partial charge in [-0.25, -0.2) is 0 Å². The Balaban J connectivity index is 1.81. The van der Waals surface area contributed by atoms with Crippen molar-refractivity contribution in [2.24, 2.45) is 5.92 Å². The Morgan fingerprint density at radius 2 is 2.25 bits per heavy atom. The van der Waals surface area contributed by atoms with Gasteiger partial charge < -0.3 is 10.2 Å². The minimum absolute atomic E-state index is 0.371. The van der Waals surface area contributed by atoms with Crippen molar-refractivity contribution in [3.8, 4) is 0 Å². The average Bonchev–Trinajstić information content (AvgIpc) is 3.10. The van der Waals surface area contributed by atoms with Crippen LogP contribution in [0.15, 0.2) is 0 Å². The van der Waals surface area contributed by atoms with E-state index in [0.29, 0.717) is 11.9 Å². The number of rotatable bonds is 6. The van der Waals surface area contributed by atoms with E-state index >= 15 is 0 Å². The molecule has 1 aliphatic carbocycles. The molecule has 0 aromatic rings. The molecule has 1 heterocycles. The van der Waals surface area contributed by atoms with Crippen LogP contribution in [0.4, 0.5) is 0 Å². The molecule has 3 nitrogen and oxygen atoms in total. The standard InChI is InChI=1S/C13H24N2O/c1-2-8-14-12(11-6-7-11)10-15-9-4-3-5-13(15)16/h11-12,14H,2-10H2,1H3. The molecule has 1 unspecified atom stereocenters. The zero-order valence-corrected chi connectivity index (χ0v) is 10.4. The Hall–Kier alpha value is -0.570. The van der Waals surface area contributed by atoms with Crippen molar-refractivity contribution in [3.63, 3.8) is 0 Å². The van der Waals surface area contributed by atoms with Crippen LogP contribution in [-0.4, -0.2) is 36.5 Å². The third kappa shape index (κ3) is 3.21. The predicted molar refractivity (Wildman–Crippen MR) is 65.2 cm³/mol. The first-order chi connectivity index (χ1) is 7.81. The minimum atomic E-state index is 0.371. The maximum absolute atomic E-state index is 11.7. The minimum Gasteiger partial charge on any atom is -0.341 e. The van der Waals surface area contributed by atoms with Crippen molar-refractivity contribution < 1.29 is 4.79 Å². The molecule has 0 spiro atoms. The lowest BCUT2D eigenvalue weighted by atomic mass is 10.1. The molecule has 2 aliphatic rings. The van der Waals surface area contributed by atoms with E-state index in [1.807, 2.05) is 0 Å². The molecule has 0 aromatic carbocycles. The summed E-state index contributed by atoms with van der Waals surface area (Å²) in [6, 6.07) is 0.557. The third-order valence-electron chi connectivity index (χ3n) is 3.69. The Morgan fingerprint density at radius 3 is 2.88 bits per heavy atom. The van der Waals surface area contributed by atoms with Crippen molar-refractivity contribution in [1.82, 2.24) is 10.2 Å². The summed E-state index contributed by atoms with van der Waals surface area (Å²) in [5.74, 6) is 1.21. The number of amides is 1. The quantitative estimate of drug-likeness (QED) is 0.746. The van der Waals surface area contributed by atoms with Gasteiger partial charge in [-0.3, -0.25) is 4.79 Å². The molecule has 3 heteroatoms. The maximum atomic E-state index is 11.7. The largest absolute Gasteiger partial charge is 0.341 e. The van der Waals surface area contributed by atoms with Crippen molar-refractivity contribution >= 4 is 5.91 Å². The van der Waals surface area contributed by atoms with E-state index in [-0.39, 0.29) is 0 Å². The van der Waals surface area contributed by atoms with Crippen LogP contribution in [0.1, 0.15) is 45.4 Å². The van der Waals surface area contributed by atoms with Crippen LogP contribution in [0.3, 0.4) is 0 Å². The van der Waals surface area contributed by atoms with Gasteiger partial charge in [0.2, 0.25) is 5.91 Å². The highest BCUT2D eigenvalue weighted by Crippen LogP contribution is 2.33. The van der Waals surface area contributed by atoms with Gasteiger partial charge in [0.05, 0.1) is 0 Å². The number of likely N-dealkylation sites (tertiary alicyclic amines) is 1. The van der Waals surface area contributed by atoms with Gasteiger partial charge >= 0.3 is 0 Å². The number of hydrogen-bond acceptors (Lipinski definition) is 2. The van der Waals surface area contributed by atoms with Crippen LogP contribution >= 0.6 is 0 Å².